The van der Waals surface area contributed by atoms with Crippen molar-refractivity contribution < 1.29 is 9.53 Å². The van der Waals surface area contributed by atoms with Crippen molar-refractivity contribution in [3.8, 4) is 5.75 Å². The van der Waals surface area contributed by atoms with Crippen LogP contribution in [0.5, 0.6) is 5.75 Å². The first kappa shape index (κ1) is 11.3. The van der Waals surface area contributed by atoms with Gasteiger partial charge >= 0.3 is 0 Å². The fourth-order valence-electron chi connectivity index (χ4n) is 2.84. The Bertz CT molecular complexity index is 579. The summed E-state index contributed by atoms with van der Waals surface area (Å²) in [6.07, 6.45) is 6.28. The Kier molecular flexibility index (Phi) is 2.82. The fourth-order valence-corrected chi connectivity index (χ4v) is 2.84. The van der Waals surface area contributed by atoms with Gasteiger partial charge in [0.05, 0.1) is 7.11 Å². The number of aromatic amines is 1. The second-order valence-corrected chi connectivity index (χ2v) is 4.96. The maximum absolute atomic E-state index is 12.5. The normalized spacial score (nSPS) is 16.3. The molecule has 0 atom stereocenters. The molecule has 0 amide bonds. The van der Waals surface area contributed by atoms with Gasteiger partial charge in [-0.3, -0.25) is 4.79 Å². The third-order valence-electron chi connectivity index (χ3n) is 3.88. The molecule has 1 aliphatic carbocycles. The van der Waals surface area contributed by atoms with E-state index in [9.17, 15) is 4.79 Å². The predicted octanol–water partition coefficient (Wildman–Crippen LogP) is 3.55. The molecule has 1 aliphatic rings. The van der Waals surface area contributed by atoms with E-state index in [0.717, 1.165) is 35.1 Å². The van der Waals surface area contributed by atoms with Crippen LogP contribution in [-0.4, -0.2) is 17.9 Å². The lowest BCUT2D eigenvalue weighted by Crippen LogP contribution is -2.10. The Morgan fingerprint density at radius 1 is 1.33 bits per heavy atom. The van der Waals surface area contributed by atoms with Crippen LogP contribution in [0.3, 0.4) is 0 Å². The number of Topliss-reactive ketones (excluding diaryl/α,β-unsaturated/α-hetero) is 1. The molecule has 2 aromatic rings. The van der Waals surface area contributed by atoms with Gasteiger partial charge in [0.1, 0.15) is 5.75 Å². The van der Waals surface area contributed by atoms with Crippen LogP contribution in [0.4, 0.5) is 0 Å². The van der Waals surface area contributed by atoms with Crippen molar-refractivity contribution >= 4 is 16.7 Å². The fraction of sp³-hybridized carbons (Fsp3) is 0.400. The summed E-state index contributed by atoms with van der Waals surface area (Å²) < 4.78 is 5.23. The minimum absolute atomic E-state index is 0.218. The highest BCUT2D eigenvalue weighted by Crippen LogP contribution is 2.31. The van der Waals surface area contributed by atoms with Crippen LogP contribution in [0.1, 0.15) is 36.0 Å². The second-order valence-electron chi connectivity index (χ2n) is 4.96. The molecule has 3 heteroatoms. The van der Waals surface area contributed by atoms with Crippen LogP contribution in [0.2, 0.25) is 0 Å². The number of benzene rings is 1. The lowest BCUT2D eigenvalue weighted by atomic mass is 9.96. The highest BCUT2D eigenvalue weighted by atomic mass is 16.5. The molecule has 1 saturated carbocycles. The Morgan fingerprint density at radius 3 is 2.83 bits per heavy atom. The standard InChI is InChI=1S/C15H17NO2/c1-18-11-6-7-14-12(8-11)13(9-16-14)15(17)10-4-2-3-5-10/h6-10,16H,2-5H2,1H3. The third kappa shape index (κ3) is 1.80. The highest BCUT2D eigenvalue weighted by molar-refractivity contribution is 6.09. The summed E-state index contributed by atoms with van der Waals surface area (Å²) in [5.74, 6) is 1.30. The van der Waals surface area contributed by atoms with Crippen LogP contribution in [-0.2, 0) is 0 Å². The van der Waals surface area contributed by atoms with Crippen LogP contribution in [0.15, 0.2) is 24.4 Å². The van der Waals surface area contributed by atoms with Crippen molar-refractivity contribution in [1.82, 2.24) is 4.98 Å². The molecule has 18 heavy (non-hydrogen) atoms. The van der Waals surface area contributed by atoms with Crippen molar-refractivity contribution in [1.29, 1.82) is 0 Å². The van der Waals surface area contributed by atoms with E-state index in [1.54, 1.807) is 7.11 Å². The van der Waals surface area contributed by atoms with E-state index in [-0.39, 0.29) is 11.7 Å². The minimum atomic E-state index is 0.218. The quantitative estimate of drug-likeness (QED) is 0.838. The van der Waals surface area contributed by atoms with Crippen molar-refractivity contribution in [2.45, 2.75) is 25.7 Å². The van der Waals surface area contributed by atoms with Gasteiger partial charge in [-0.05, 0) is 31.0 Å². The maximum atomic E-state index is 12.5. The molecule has 1 aromatic heterocycles. The zero-order valence-corrected chi connectivity index (χ0v) is 10.5. The smallest absolute Gasteiger partial charge is 0.168 e. The molecule has 0 unspecified atom stereocenters. The molecule has 1 N–H and O–H groups in total. The number of carbonyl (C=O) groups is 1. The van der Waals surface area contributed by atoms with Crippen molar-refractivity contribution in [3.05, 3.63) is 30.0 Å². The zero-order chi connectivity index (χ0) is 12.5. The molecular formula is C15H17NO2. The number of rotatable bonds is 3. The first-order chi connectivity index (χ1) is 8.79. The van der Waals surface area contributed by atoms with Crippen molar-refractivity contribution in [3.63, 3.8) is 0 Å². The number of hydrogen-bond donors (Lipinski definition) is 1. The van der Waals surface area contributed by atoms with E-state index < -0.39 is 0 Å². The number of methoxy groups -OCH3 is 1. The SMILES string of the molecule is COc1ccc2[nH]cc(C(=O)C3CCCC3)c2c1. The number of ketones is 1. The summed E-state index contributed by atoms with van der Waals surface area (Å²) in [5, 5.41) is 0.978. The number of ether oxygens (including phenoxy) is 1. The monoisotopic (exact) mass is 243 g/mol. The Labute approximate surface area is 106 Å². The van der Waals surface area contributed by atoms with Crippen LogP contribution >= 0.6 is 0 Å². The molecule has 3 rings (SSSR count). The maximum Gasteiger partial charge on any atom is 0.168 e. The van der Waals surface area contributed by atoms with Gasteiger partial charge in [-0.1, -0.05) is 12.8 Å². The summed E-state index contributed by atoms with van der Waals surface area (Å²) in [6.45, 7) is 0. The average Bonchev–Trinajstić information content (AvgIpc) is 3.06. The molecule has 1 aromatic carbocycles. The molecule has 1 heterocycles. The van der Waals surface area contributed by atoms with Gasteiger partial charge in [-0.25, -0.2) is 0 Å². The predicted molar refractivity (Wildman–Crippen MR) is 71.1 cm³/mol. The van der Waals surface area contributed by atoms with E-state index in [4.69, 9.17) is 4.74 Å². The van der Waals surface area contributed by atoms with Gasteiger partial charge in [-0.15, -0.1) is 0 Å². The molecule has 1 fully saturated rings. The highest BCUT2D eigenvalue weighted by Gasteiger charge is 2.25. The van der Waals surface area contributed by atoms with E-state index >= 15 is 0 Å². The molecule has 0 spiro atoms. The lowest BCUT2D eigenvalue weighted by Gasteiger charge is -2.07. The first-order valence-corrected chi connectivity index (χ1v) is 6.49. The first-order valence-electron chi connectivity index (χ1n) is 6.49. The molecule has 94 valence electrons. The van der Waals surface area contributed by atoms with E-state index in [1.165, 1.54) is 12.8 Å². The molecule has 3 nitrogen and oxygen atoms in total. The summed E-state index contributed by atoms with van der Waals surface area (Å²) in [4.78, 5) is 15.6. The van der Waals surface area contributed by atoms with Gasteiger partial charge in [0.2, 0.25) is 0 Å². The Morgan fingerprint density at radius 2 is 2.11 bits per heavy atom. The number of nitrogens with one attached hydrogen (secondary N) is 1. The van der Waals surface area contributed by atoms with Crippen LogP contribution < -0.4 is 4.74 Å². The van der Waals surface area contributed by atoms with Crippen molar-refractivity contribution in [2.24, 2.45) is 5.92 Å². The molecule has 0 aliphatic heterocycles. The molecule has 0 radical (unpaired) electrons. The van der Waals surface area contributed by atoms with Crippen LogP contribution in [0, 0.1) is 5.92 Å². The Hall–Kier alpha value is -1.77. The largest absolute Gasteiger partial charge is 0.497 e. The molecular weight excluding hydrogens is 226 g/mol. The summed E-state index contributed by atoms with van der Waals surface area (Å²) >= 11 is 0. The number of H-pyrrole nitrogens is 1. The zero-order valence-electron chi connectivity index (χ0n) is 10.5. The third-order valence-corrected chi connectivity index (χ3v) is 3.88. The average molecular weight is 243 g/mol. The topological polar surface area (TPSA) is 42.1 Å². The van der Waals surface area contributed by atoms with Gasteiger partial charge in [0.25, 0.3) is 0 Å². The van der Waals surface area contributed by atoms with Gasteiger partial charge in [0.15, 0.2) is 5.78 Å². The summed E-state index contributed by atoms with van der Waals surface area (Å²) in [5.41, 5.74) is 1.81. The molecule has 0 saturated heterocycles. The van der Waals surface area contributed by atoms with E-state index in [0.29, 0.717) is 0 Å². The number of hydrogen-bond acceptors (Lipinski definition) is 2. The summed E-state index contributed by atoms with van der Waals surface area (Å²) in [7, 11) is 1.65. The lowest BCUT2D eigenvalue weighted by molar-refractivity contribution is 0.0924. The number of carbonyl (C=O) groups excluding carboxylic acids is 1. The Balaban J connectivity index is 2.02. The molecule has 0 bridgehead atoms. The summed E-state index contributed by atoms with van der Waals surface area (Å²) in [6, 6.07) is 5.80. The minimum Gasteiger partial charge on any atom is -0.497 e. The van der Waals surface area contributed by atoms with Crippen LogP contribution in [0.25, 0.3) is 10.9 Å². The van der Waals surface area contributed by atoms with Gasteiger partial charge < -0.3 is 9.72 Å². The number of fused-ring (bicyclic) bond motifs is 1. The van der Waals surface area contributed by atoms with E-state index in [1.807, 2.05) is 24.4 Å². The second kappa shape index (κ2) is 4.48. The van der Waals surface area contributed by atoms with Gasteiger partial charge in [-0.2, -0.15) is 0 Å². The van der Waals surface area contributed by atoms with E-state index in [2.05, 4.69) is 4.98 Å². The van der Waals surface area contributed by atoms with Gasteiger partial charge in [0, 0.05) is 28.6 Å². The van der Waals surface area contributed by atoms with Crippen molar-refractivity contribution in [2.75, 3.05) is 7.11 Å². The number of aromatic nitrogens is 1.